The standard InChI is InChI=1S/C10H19NO.ClH/c1-12-8-10-5-3-2-4-9(10)6-11-7-10;/h9,11H,2-8H2,1H3;1H. The van der Waals surface area contributed by atoms with Gasteiger partial charge in [0.1, 0.15) is 0 Å². The van der Waals surface area contributed by atoms with Crippen LogP contribution in [0.1, 0.15) is 25.7 Å². The first-order chi connectivity index (χ1) is 5.87. The van der Waals surface area contributed by atoms with Crippen molar-refractivity contribution in [1.29, 1.82) is 0 Å². The third-order valence-corrected chi connectivity index (χ3v) is 3.64. The third-order valence-electron chi connectivity index (χ3n) is 3.64. The summed E-state index contributed by atoms with van der Waals surface area (Å²) in [5.41, 5.74) is 0.507. The van der Waals surface area contributed by atoms with Crippen molar-refractivity contribution in [3.8, 4) is 0 Å². The van der Waals surface area contributed by atoms with E-state index in [1.165, 1.54) is 38.8 Å². The second-order valence-corrected chi connectivity index (χ2v) is 4.37. The van der Waals surface area contributed by atoms with E-state index in [-0.39, 0.29) is 12.4 Å². The molecule has 0 spiro atoms. The predicted molar refractivity (Wildman–Crippen MR) is 56.4 cm³/mol. The molecule has 2 fully saturated rings. The molecule has 13 heavy (non-hydrogen) atoms. The number of methoxy groups -OCH3 is 1. The molecular weight excluding hydrogens is 186 g/mol. The Morgan fingerprint density at radius 1 is 1.46 bits per heavy atom. The second kappa shape index (κ2) is 4.63. The zero-order valence-electron chi connectivity index (χ0n) is 8.34. The average molecular weight is 206 g/mol. The quantitative estimate of drug-likeness (QED) is 0.743. The van der Waals surface area contributed by atoms with Crippen LogP contribution in [0.15, 0.2) is 0 Å². The molecule has 2 rings (SSSR count). The Hall–Kier alpha value is 0.210. The van der Waals surface area contributed by atoms with E-state index >= 15 is 0 Å². The van der Waals surface area contributed by atoms with Crippen molar-refractivity contribution in [1.82, 2.24) is 5.32 Å². The Morgan fingerprint density at radius 2 is 2.31 bits per heavy atom. The monoisotopic (exact) mass is 205 g/mol. The summed E-state index contributed by atoms with van der Waals surface area (Å²) in [6.45, 7) is 3.37. The minimum absolute atomic E-state index is 0. The lowest BCUT2D eigenvalue weighted by Gasteiger charge is -2.37. The molecule has 1 N–H and O–H groups in total. The molecule has 2 unspecified atom stereocenters. The number of hydrogen-bond acceptors (Lipinski definition) is 2. The summed E-state index contributed by atoms with van der Waals surface area (Å²) >= 11 is 0. The SMILES string of the molecule is COCC12CCCCC1CNC2.Cl. The zero-order chi connectivity index (χ0) is 8.44. The Bertz CT molecular complexity index is 161. The molecule has 0 radical (unpaired) electrons. The van der Waals surface area contributed by atoms with Gasteiger partial charge in [0.05, 0.1) is 6.61 Å². The van der Waals surface area contributed by atoms with Gasteiger partial charge in [-0.3, -0.25) is 0 Å². The van der Waals surface area contributed by atoms with Crippen molar-refractivity contribution < 1.29 is 4.74 Å². The molecule has 1 heterocycles. The van der Waals surface area contributed by atoms with Gasteiger partial charge in [-0.1, -0.05) is 12.8 Å². The van der Waals surface area contributed by atoms with Gasteiger partial charge >= 0.3 is 0 Å². The van der Waals surface area contributed by atoms with Crippen molar-refractivity contribution in [2.75, 3.05) is 26.8 Å². The maximum Gasteiger partial charge on any atom is 0.0533 e. The highest BCUT2D eigenvalue weighted by Crippen LogP contribution is 2.43. The molecule has 1 saturated carbocycles. The summed E-state index contributed by atoms with van der Waals surface area (Å²) in [4.78, 5) is 0. The van der Waals surface area contributed by atoms with E-state index < -0.39 is 0 Å². The lowest BCUT2D eigenvalue weighted by molar-refractivity contribution is 0.0331. The van der Waals surface area contributed by atoms with Gasteiger partial charge in [0, 0.05) is 19.1 Å². The lowest BCUT2D eigenvalue weighted by atomic mass is 9.69. The van der Waals surface area contributed by atoms with Gasteiger partial charge in [-0.25, -0.2) is 0 Å². The summed E-state index contributed by atoms with van der Waals surface area (Å²) < 4.78 is 5.35. The Kier molecular flexibility index (Phi) is 4.02. The summed E-state index contributed by atoms with van der Waals surface area (Å²) in [5.74, 6) is 0.895. The van der Waals surface area contributed by atoms with Crippen molar-refractivity contribution in [2.24, 2.45) is 11.3 Å². The van der Waals surface area contributed by atoms with Crippen LogP contribution < -0.4 is 5.32 Å². The summed E-state index contributed by atoms with van der Waals surface area (Å²) in [6, 6.07) is 0. The molecule has 0 aromatic heterocycles. The number of fused-ring (bicyclic) bond motifs is 1. The van der Waals surface area contributed by atoms with Gasteiger partial charge in [-0.15, -0.1) is 12.4 Å². The van der Waals surface area contributed by atoms with Crippen LogP contribution in [0.25, 0.3) is 0 Å². The molecule has 0 amide bonds. The second-order valence-electron chi connectivity index (χ2n) is 4.37. The van der Waals surface area contributed by atoms with Gasteiger partial charge in [-0.2, -0.15) is 0 Å². The molecule has 2 nitrogen and oxygen atoms in total. The highest BCUT2D eigenvalue weighted by molar-refractivity contribution is 5.85. The Labute approximate surface area is 86.8 Å². The fraction of sp³-hybridized carbons (Fsp3) is 1.00. The minimum Gasteiger partial charge on any atom is -0.384 e. The van der Waals surface area contributed by atoms with E-state index in [9.17, 15) is 0 Å². The van der Waals surface area contributed by atoms with Gasteiger partial charge in [0.15, 0.2) is 0 Å². The van der Waals surface area contributed by atoms with Gasteiger partial charge in [0.2, 0.25) is 0 Å². The number of nitrogens with one attached hydrogen (secondary N) is 1. The van der Waals surface area contributed by atoms with Crippen molar-refractivity contribution in [3.63, 3.8) is 0 Å². The van der Waals surface area contributed by atoms with Crippen LogP contribution >= 0.6 is 12.4 Å². The van der Waals surface area contributed by atoms with Crippen molar-refractivity contribution >= 4 is 12.4 Å². The topological polar surface area (TPSA) is 21.3 Å². The largest absolute Gasteiger partial charge is 0.384 e. The fourth-order valence-electron chi connectivity index (χ4n) is 2.95. The van der Waals surface area contributed by atoms with Crippen LogP contribution in [-0.2, 0) is 4.74 Å². The predicted octanol–water partition coefficient (Wildman–Crippen LogP) is 1.83. The Morgan fingerprint density at radius 3 is 3.08 bits per heavy atom. The molecule has 1 aliphatic carbocycles. The van der Waals surface area contributed by atoms with E-state index in [1.54, 1.807) is 0 Å². The minimum atomic E-state index is 0. The number of rotatable bonds is 2. The molecule has 3 heteroatoms. The number of ether oxygens (including phenoxy) is 1. The van der Waals surface area contributed by atoms with E-state index in [4.69, 9.17) is 4.74 Å². The van der Waals surface area contributed by atoms with Gasteiger partial charge < -0.3 is 10.1 Å². The van der Waals surface area contributed by atoms with Crippen LogP contribution in [0.4, 0.5) is 0 Å². The highest BCUT2D eigenvalue weighted by Gasteiger charge is 2.43. The lowest BCUT2D eigenvalue weighted by Crippen LogP contribution is -2.37. The van der Waals surface area contributed by atoms with Crippen molar-refractivity contribution in [3.05, 3.63) is 0 Å². The molecule has 1 saturated heterocycles. The van der Waals surface area contributed by atoms with Crippen LogP contribution in [0.3, 0.4) is 0 Å². The molecule has 1 aliphatic heterocycles. The van der Waals surface area contributed by atoms with E-state index in [2.05, 4.69) is 5.32 Å². The fourth-order valence-corrected chi connectivity index (χ4v) is 2.95. The van der Waals surface area contributed by atoms with Gasteiger partial charge in [-0.05, 0) is 25.3 Å². The average Bonchev–Trinajstić information content (AvgIpc) is 2.48. The summed E-state index contributed by atoms with van der Waals surface area (Å²) in [6.07, 6.45) is 5.62. The molecular formula is C10H20ClNO. The molecule has 0 aromatic rings. The molecule has 0 bridgehead atoms. The number of halogens is 1. The van der Waals surface area contributed by atoms with E-state index in [0.29, 0.717) is 5.41 Å². The molecule has 0 aromatic carbocycles. The van der Waals surface area contributed by atoms with Crippen molar-refractivity contribution in [2.45, 2.75) is 25.7 Å². The van der Waals surface area contributed by atoms with Crippen LogP contribution in [0.2, 0.25) is 0 Å². The summed E-state index contributed by atoms with van der Waals surface area (Å²) in [7, 11) is 1.83. The van der Waals surface area contributed by atoms with E-state index in [1.807, 2.05) is 7.11 Å². The smallest absolute Gasteiger partial charge is 0.0533 e. The third kappa shape index (κ3) is 2.00. The maximum atomic E-state index is 5.35. The Balaban J connectivity index is 0.000000845. The first kappa shape index (κ1) is 11.3. The zero-order valence-corrected chi connectivity index (χ0v) is 9.16. The van der Waals surface area contributed by atoms with Crippen LogP contribution in [-0.4, -0.2) is 26.8 Å². The first-order valence-electron chi connectivity index (χ1n) is 5.07. The molecule has 2 atom stereocenters. The van der Waals surface area contributed by atoms with Gasteiger partial charge in [0.25, 0.3) is 0 Å². The normalized spacial score (nSPS) is 38.1. The maximum absolute atomic E-state index is 5.35. The highest BCUT2D eigenvalue weighted by atomic mass is 35.5. The summed E-state index contributed by atoms with van der Waals surface area (Å²) in [5, 5.41) is 3.51. The van der Waals surface area contributed by atoms with E-state index in [0.717, 1.165) is 12.5 Å². The molecule has 2 aliphatic rings. The molecule has 78 valence electrons. The first-order valence-corrected chi connectivity index (χ1v) is 5.07. The van der Waals surface area contributed by atoms with Crippen LogP contribution in [0, 0.1) is 11.3 Å². The van der Waals surface area contributed by atoms with Crippen LogP contribution in [0.5, 0.6) is 0 Å². The number of hydrogen-bond donors (Lipinski definition) is 1.